The Morgan fingerprint density at radius 3 is 2.68 bits per heavy atom. The van der Waals surface area contributed by atoms with Gasteiger partial charge >= 0.3 is 0 Å². The summed E-state index contributed by atoms with van der Waals surface area (Å²) in [6.45, 7) is 2.02. The third-order valence-electron chi connectivity index (χ3n) is 4.55. The van der Waals surface area contributed by atoms with Gasteiger partial charge in [-0.1, -0.05) is 24.3 Å². The fraction of sp³-hybridized carbons (Fsp3) is 0.500. The number of phenolic OH excluding ortho intramolecular Hbond substituents is 1. The summed E-state index contributed by atoms with van der Waals surface area (Å²) < 4.78 is 0. The SMILES string of the molecule is CC(NC1CC2CC=CC21)C(O)c1ccc(O)cc1. The van der Waals surface area contributed by atoms with E-state index in [4.69, 9.17) is 0 Å². The van der Waals surface area contributed by atoms with Gasteiger partial charge < -0.3 is 15.5 Å². The average molecular weight is 259 g/mol. The summed E-state index contributed by atoms with van der Waals surface area (Å²) >= 11 is 0. The molecule has 0 amide bonds. The number of nitrogens with one attached hydrogen (secondary N) is 1. The maximum absolute atomic E-state index is 10.3. The van der Waals surface area contributed by atoms with Gasteiger partial charge in [0.2, 0.25) is 0 Å². The molecule has 0 radical (unpaired) electrons. The van der Waals surface area contributed by atoms with Gasteiger partial charge in [-0.15, -0.1) is 0 Å². The van der Waals surface area contributed by atoms with Crippen LogP contribution < -0.4 is 5.32 Å². The molecule has 1 saturated carbocycles. The van der Waals surface area contributed by atoms with E-state index >= 15 is 0 Å². The topological polar surface area (TPSA) is 52.5 Å². The molecule has 3 rings (SSSR count). The van der Waals surface area contributed by atoms with Gasteiger partial charge in [0, 0.05) is 12.1 Å². The summed E-state index contributed by atoms with van der Waals surface area (Å²) in [6, 6.07) is 7.30. The van der Waals surface area contributed by atoms with Crippen molar-refractivity contribution in [2.75, 3.05) is 0 Å². The van der Waals surface area contributed by atoms with Crippen LogP contribution in [-0.2, 0) is 0 Å². The van der Waals surface area contributed by atoms with Crippen molar-refractivity contribution < 1.29 is 10.2 Å². The maximum Gasteiger partial charge on any atom is 0.115 e. The molecule has 0 aromatic heterocycles. The first-order valence-electron chi connectivity index (χ1n) is 7.05. The minimum Gasteiger partial charge on any atom is -0.508 e. The Morgan fingerprint density at radius 2 is 2.00 bits per heavy atom. The summed E-state index contributed by atoms with van der Waals surface area (Å²) in [4.78, 5) is 0. The van der Waals surface area contributed by atoms with Gasteiger partial charge in [0.05, 0.1) is 6.10 Å². The van der Waals surface area contributed by atoms with Crippen molar-refractivity contribution in [3.63, 3.8) is 0 Å². The molecule has 2 aliphatic carbocycles. The molecular formula is C16H21NO2. The van der Waals surface area contributed by atoms with Gasteiger partial charge in [-0.05, 0) is 49.3 Å². The number of rotatable bonds is 4. The Bertz CT molecular complexity index is 468. The summed E-state index contributed by atoms with van der Waals surface area (Å²) in [6.07, 6.45) is 6.48. The zero-order valence-electron chi connectivity index (χ0n) is 11.2. The molecule has 0 spiro atoms. The van der Waals surface area contributed by atoms with Crippen LogP contribution in [0.15, 0.2) is 36.4 Å². The van der Waals surface area contributed by atoms with E-state index in [1.54, 1.807) is 24.3 Å². The van der Waals surface area contributed by atoms with Crippen molar-refractivity contribution in [3.8, 4) is 5.75 Å². The fourth-order valence-electron chi connectivity index (χ4n) is 3.30. The van der Waals surface area contributed by atoms with E-state index in [1.165, 1.54) is 12.8 Å². The number of fused-ring (bicyclic) bond motifs is 1. The van der Waals surface area contributed by atoms with Crippen LogP contribution in [0, 0.1) is 11.8 Å². The van der Waals surface area contributed by atoms with Crippen LogP contribution in [0.25, 0.3) is 0 Å². The van der Waals surface area contributed by atoms with Crippen molar-refractivity contribution in [2.24, 2.45) is 11.8 Å². The Hall–Kier alpha value is -1.32. The first-order valence-corrected chi connectivity index (χ1v) is 7.05. The van der Waals surface area contributed by atoms with Crippen molar-refractivity contribution in [3.05, 3.63) is 42.0 Å². The molecule has 2 aliphatic rings. The summed E-state index contributed by atoms with van der Waals surface area (Å²) in [5, 5.41) is 23.1. The minimum atomic E-state index is -0.537. The number of aliphatic hydroxyl groups excluding tert-OH is 1. The molecule has 0 aliphatic heterocycles. The lowest BCUT2D eigenvalue weighted by Gasteiger charge is -2.43. The molecular weight excluding hydrogens is 238 g/mol. The van der Waals surface area contributed by atoms with Crippen LogP contribution in [0.2, 0.25) is 0 Å². The summed E-state index contributed by atoms with van der Waals surface area (Å²) in [5.41, 5.74) is 0.843. The Kier molecular flexibility index (Phi) is 3.33. The number of aromatic hydroxyl groups is 1. The molecule has 1 fully saturated rings. The lowest BCUT2D eigenvalue weighted by atomic mass is 9.71. The van der Waals surface area contributed by atoms with E-state index in [-0.39, 0.29) is 11.8 Å². The second-order valence-corrected chi connectivity index (χ2v) is 5.84. The lowest BCUT2D eigenvalue weighted by molar-refractivity contribution is 0.0891. The zero-order chi connectivity index (χ0) is 13.4. The Balaban J connectivity index is 1.59. The predicted octanol–water partition coefficient (Wildman–Crippen LogP) is 2.37. The van der Waals surface area contributed by atoms with Crippen molar-refractivity contribution in [1.82, 2.24) is 5.32 Å². The first kappa shape index (κ1) is 12.7. The van der Waals surface area contributed by atoms with E-state index in [1.807, 2.05) is 6.92 Å². The van der Waals surface area contributed by atoms with E-state index < -0.39 is 6.10 Å². The van der Waals surface area contributed by atoms with Gasteiger partial charge in [0.25, 0.3) is 0 Å². The van der Waals surface area contributed by atoms with Crippen LogP contribution in [-0.4, -0.2) is 22.3 Å². The van der Waals surface area contributed by atoms with Gasteiger partial charge in [-0.3, -0.25) is 0 Å². The van der Waals surface area contributed by atoms with Crippen LogP contribution >= 0.6 is 0 Å². The van der Waals surface area contributed by atoms with Gasteiger partial charge in [-0.2, -0.15) is 0 Å². The second kappa shape index (κ2) is 4.99. The van der Waals surface area contributed by atoms with Crippen molar-refractivity contribution in [2.45, 2.75) is 38.0 Å². The van der Waals surface area contributed by atoms with E-state index in [9.17, 15) is 10.2 Å². The number of hydrogen-bond acceptors (Lipinski definition) is 3. The van der Waals surface area contributed by atoms with Crippen LogP contribution in [0.5, 0.6) is 5.75 Å². The van der Waals surface area contributed by atoms with Crippen LogP contribution in [0.1, 0.15) is 31.4 Å². The van der Waals surface area contributed by atoms with Crippen LogP contribution in [0.3, 0.4) is 0 Å². The van der Waals surface area contributed by atoms with E-state index in [0.717, 1.165) is 11.5 Å². The normalized spacial score (nSPS) is 31.6. The molecule has 3 N–H and O–H groups in total. The molecule has 19 heavy (non-hydrogen) atoms. The number of hydrogen-bond donors (Lipinski definition) is 3. The molecule has 102 valence electrons. The van der Waals surface area contributed by atoms with E-state index in [2.05, 4.69) is 17.5 Å². The van der Waals surface area contributed by atoms with Gasteiger partial charge in [-0.25, -0.2) is 0 Å². The van der Waals surface area contributed by atoms with Gasteiger partial charge in [0.1, 0.15) is 5.75 Å². The monoisotopic (exact) mass is 259 g/mol. The van der Waals surface area contributed by atoms with Crippen molar-refractivity contribution in [1.29, 1.82) is 0 Å². The molecule has 5 unspecified atom stereocenters. The minimum absolute atomic E-state index is 0.0180. The van der Waals surface area contributed by atoms with E-state index in [0.29, 0.717) is 12.0 Å². The zero-order valence-corrected chi connectivity index (χ0v) is 11.2. The molecule has 1 aromatic carbocycles. The number of benzene rings is 1. The van der Waals surface area contributed by atoms with Crippen molar-refractivity contribution >= 4 is 0 Å². The Morgan fingerprint density at radius 1 is 1.26 bits per heavy atom. The summed E-state index contributed by atoms with van der Waals surface area (Å²) in [7, 11) is 0. The highest BCUT2D eigenvalue weighted by molar-refractivity contribution is 5.28. The number of allylic oxidation sites excluding steroid dienone is 1. The second-order valence-electron chi connectivity index (χ2n) is 5.84. The highest BCUT2D eigenvalue weighted by Gasteiger charge is 2.41. The highest BCUT2D eigenvalue weighted by atomic mass is 16.3. The largest absolute Gasteiger partial charge is 0.508 e. The third-order valence-corrected chi connectivity index (χ3v) is 4.55. The standard InChI is InChI=1S/C16H21NO2/c1-10(16(19)11-5-7-13(18)8-6-11)17-15-9-12-3-2-4-14(12)15/h2,4-8,10,12,14-19H,3,9H2,1H3. The maximum atomic E-state index is 10.3. The first-order chi connectivity index (χ1) is 9.15. The highest BCUT2D eigenvalue weighted by Crippen LogP contribution is 2.43. The Labute approximate surface area is 114 Å². The van der Waals surface area contributed by atoms with Gasteiger partial charge in [0.15, 0.2) is 0 Å². The third kappa shape index (κ3) is 2.40. The molecule has 1 aromatic rings. The fourth-order valence-corrected chi connectivity index (χ4v) is 3.30. The molecule has 0 heterocycles. The number of phenols is 1. The predicted molar refractivity (Wildman–Crippen MR) is 74.8 cm³/mol. The summed E-state index contributed by atoms with van der Waals surface area (Å²) in [5.74, 6) is 1.72. The smallest absolute Gasteiger partial charge is 0.115 e. The lowest BCUT2D eigenvalue weighted by Crippen LogP contribution is -2.52. The quantitative estimate of drug-likeness (QED) is 0.728. The average Bonchev–Trinajstić information content (AvgIpc) is 2.77. The van der Waals surface area contributed by atoms with Crippen LogP contribution in [0.4, 0.5) is 0 Å². The number of aliphatic hydroxyl groups is 1. The molecule has 3 heteroatoms. The molecule has 0 bridgehead atoms. The molecule has 0 saturated heterocycles. The molecule has 3 nitrogen and oxygen atoms in total. The molecule has 5 atom stereocenters.